The summed E-state index contributed by atoms with van der Waals surface area (Å²) in [4.78, 5) is 7.90. The van der Waals surface area contributed by atoms with Crippen LogP contribution in [0.2, 0.25) is 0 Å². The van der Waals surface area contributed by atoms with Crippen LogP contribution in [0.15, 0.2) is 0 Å². The molecule has 3 N–H and O–H groups in total. The van der Waals surface area contributed by atoms with Crippen LogP contribution in [0.4, 0.5) is 0 Å². The van der Waals surface area contributed by atoms with Crippen molar-refractivity contribution in [1.82, 2.24) is 13.5 Å². The summed E-state index contributed by atoms with van der Waals surface area (Å²) < 4.78 is 26.7. The number of aromatic nitrogens is 3. The maximum absolute atomic E-state index is 9.66. The highest BCUT2D eigenvalue weighted by Crippen LogP contribution is 2.52. The summed E-state index contributed by atoms with van der Waals surface area (Å²) in [6, 6.07) is 0. The summed E-state index contributed by atoms with van der Waals surface area (Å²) in [5.41, 5.74) is 0. The van der Waals surface area contributed by atoms with Crippen LogP contribution in [0.1, 0.15) is 0 Å². The monoisotopic (exact) mass is 251 g/mol. The smallest absolute Gasteiger partial charge is 0.313 e. The molecule has 0 amide bonds. The van der Waals surface area contributed by atoms with Crippen molar-refractivity contribution < 1.29 is 23.8 Å². The zero-order valence-electron chi connectivity index (χ0n) is 5.42. The minimum atomic E-state index is -3.69. The summed E-state index contributed by atoms with van der Waals surface area (Å²) in [7, 11) is -1.33. The molecule has 1 fully saturated rings. The average Bonchev–Trinajstić information content (AvgIpc) is 2.06. The fourth-order valence-corrected chi connectivity index (χ4v) is 3.05. The van der Waals surface area contributed by atoms with Gasteiger partial charge in [0.1, 0.15) is 8.51 Å². The van der Waals surface area contributed by atoms with Gasteiger partial charge < -0.3 is 9.02 Å². The molecule has 1 saturated heterocycles. The third kappa shape index (κ3) is 4.41. The summed E-state index contributed by atoms with van der Waals surface area (Å²) >= 11 is 0. The average molecular weight is 251 g/mol. The topological polar surface area (TPSA) is 109 Å². The van der Waals surface area contributed by atoms with Gasteiger partial charge in [-0.2, -0.15) is 4.51 Å². The van der Waals surface area contributed by atoms with Crippen LogP contribution in [0, 0.1) is 0 Å². The van der Waals surface area contributed by atoms with Gasteiger partial charge in [-0.15, -0.1) is 0 Å². The first-order valence-electron chi connectivity index (χ1n) is 2.48. The molecule has 2 rings (SSSR count). The maximum atomic E-state index is 9.66. The van der Waals surface area contributed by atoms with Gasteiger partial charge in [0.15, 0.2) is 0 Å². The third-order valence-electron chi connectivity index (χ3n) is 0.574. The summed E-state index contributed by atoms with van der Waals surface area (Å²) in [5, 5.41) is 3.42. The van der Waals surface area contributed by atoms with Crippen molar-refractivity contribution in [1.29, 1.82) is 0 Å². The quantitative estimate of drug-likeness (QED) is 0.475. The van der Waals surface area contributed by atoms with E-state index in [0.29, 0.717) is 17.0 Å². The Hall–Kier alpha value is 0.370. The van der Waals surface area contributed by atoms with Gasteiger partial charge in [-0.05, 0) is 5.04 Å². The summed E-state index contributed by atoms with van der Waals surface area (Å²) in [6.07, 6.45) is 0. The molecule has 1 aliphatic rings. The molecule has 12 heavy (non-hydrogen) atoms. The molecule has 2 unspecified atom stereocenters. The SMILES string of the molecule is O=P1(O)OOO1.n1p[nH][pH][nH][pH]1. The zero-order chi connectivity index (χ0) is 8.86. The third-order valence-corrected chi connectivity index (χ3v) is 3.67. The first kappa shape index (κ1) is 10.5. The van der Waals surface area contributed by atoms with Crippen molar-refractivity contribution in [2.75, 3.05) is 0 Å². The first-order chi connectivity index (χ1) is 5.71. The number of aromatic amines is 2. The van der Waals surface area contributed by atoms with Gasteiger partial charge in [-0.3, -0.25) is 4.89 Å². The van der Waals surface area contributed by atoms with E-state index >= 15 is 0 Å². The Morgan fingerprint density at radius 2 is 2.25 bits per heavy atom. The lowest BCUT2D eigenvalue weighted by molar-refractivity contribution is -0.498. The highest BCUT2D eigenvalue weighted by atomic mass is 31.2. The van der Waals surface area contributed by atoms with Crippen LogP contribution in [-0.4, -0.2) is 18.4 Å². The van der Waals surface area contributed by atoms with Crippen LogP contribution in [0.3, 0.4) is 0 Å². The highest BCUT2D eigenvalue weighted by Gasteiger charge is 2.35. The van der Waals surface area contributed by atoms with Crippen LogP contribution in [-0.2, 0) is 19.0 Å². The van der Waals surface area contributed by atoms with E-state index in [-0.39, 0.29) is 0 Å². The molecule has 0 aliphatic carbocycles. The van der Waals surface area contributed by atoms with Gasteiger partial charge in [0, 0.05) is 17.0 Å². The Balaban J connectivity index is 0.000000120. The lowest BCUT2D eigenvalue weighted by Crippen LogP contribution is -2.04. The van der Waals surface area contributed by atoms with E-state index in [1.165, 1.54) is 0 Å². The number of phosphoric acid groups is 1. The maximum Gasteiger partial charge on any atom is 0.531 e. The van der Waals surface area contributed by atoms with E-state index in [1.54, 1.807) is 0 Å². The molecule has 2 heterocycles. The van der Waals surface area contributed by atoms with E-state index in [0.717, 1.165) is 8.51 Å². The molecule has 70 valence electrons. The first-order valence-corrected chi connectivity index (χ1v) is 6.77. The molecule has 0 saturated carbocycles. The van der Waals surface area contributed by atoms with Crippen LogP contribution >= 0.6 is 33.4 Å². The molecule has 0 bridgehead atoms. The molecule has 1 aromatic heterocycles. The minimum absolute atomic E-state index is 0.614. The number of hydrogen-bond acceptors (Lipinski definition) is 5. The summed E-state index contributed by atoms with van der Waals surface area (Å²) in [6.45, 7) is 0. The predicted octanol–water partition coefficient (Wildman–Crippen LogP) is 1.49. The second kappa shape index (κ2) is 5.18. The van der Waals surface area contributed by atoms with E-state index in [2.05, 4.69) is 27.9 Å². The van der Waals surface area contributed by atoms with Crippen molar-refractivity contribution >= 4 is 33.4 Å². The molecule has 0 radical (unpaired) electrons. The minimum Gasteiger partial charge on any atom is -0.313 e. The van der Waals surface area contributed by atoms with Crippen molar-refractivity contribution in [2.45, 2.75) is 0 Å². The van der Waals surface area contributed by atoms with Gasteiger partial charge in [0.2, 0.25) is 0 Å². The van der Waals surface area contributed by atoms with Gasteiger partial charge in [0.25, 0.3) is 0 Å². The zero-order valence-corrected chi connectivity index (χ0v) is 9.21. The fraction of sp³-hybridized carbons (Fsp3) is 0. The van der Waals surface area contributed by atoms with E-state index in [4.69, 9.17) is 4.89 Å². The number of rotatable bonds is 0. The molecule has 2 atom stereocenters. The van der Waals surface area contributed by atoms with Crippen LogP contribution in [0.5, 0.6) is 0 Å². The molecule has 1 aliphatic heterocycles. The van der Waals surface area contributed by atoms with Gasteiger partial charge in [-0.25, -0.2) is 4.57 Å². The lowest BCUT2D eigenvalue weighted by atomic mass is 13.9. The molecule has 0 aromatic carbocycles. The number of hydrogen-bond donors (Lipinski definition) is 3. The predicted molar refractivity (Wildman–Crippen MR) is 45.2 cm³/mol. The van der Waals surface area contributed by atoms with Crippen LogP contribution < -0.4 is 0 Å². The molecular weight excluding hydrogens is 246 g/mol. The second-order valence-corrected chi connectivity index (χ2v) is 5.96. The Morgan fingerprint density at radius 1 is 1.58 bits per heavy atom. The largest absolute Gasteiger partial charge is 0.531 e. The van der Waals surface area contributed by atoms with Gasteiger partial charge in [0.05, 0.1) is 0 Å². The van der Waals surface area contributed by atoms with Crippen molar-refractivity contribution in [2.24, 2.45) is 0 Å². The van der Waals surface area contributed by atoms with Crippen molar-refractivity contribution in [3.8, 4) is 0 Å². The number of H-pyrrole nitrogens is 2. The Bertz CT molecular complexity index is 230. The Kier molecular flexibility index (Phi) is 4.51. The standard InChI is InChI=1S/H4N3P3.HO5P/c1-4-2-6-3-5-1;1-6(2)4-3-5-6/h1,4-5H,(H,2,3);(H,1,2). The highest BCUT2D eigenvalue weighted by molar-refractivity contribution is 7.47. The fourth-order valence-electron chi connectivity index (χ4n) is 0.238. The molecule has 0 spiro atoms. The Labute approximate surface area is 71.5 Å². The molecule has 12 heteroatoms. The Morgan fingerprint density at radius 3 is 2.33 bits per heavy atom. The van der Waals surface area contributed by atoms with Gasteiger partial charge in [-0.1, -0.05) is 9.35 Å². The van der Waals surface area contributed by atoms with Crippen molar-refractivity contribution in [3.63, 3.8) is 0 Å². The molecule has 1 aromatic rings. The number of nitrogens with zero attached hydrogens (tertiary/aromatic N) is 1. The van der Waals surface area contributed by atoms with E-state index in [9.17, 15) is 4.57 Å². The second-order valence-electron chi connectivity index (χ2n) is 1.36. The van der Waals surface area contributed by atoms with E-state index < -0.39 is 7.82 Å². The number of nitrogens with one attached hydrogen (secondary N) is 2. The van der Waals surface area contributed by atoms with Crippen LogP contribution in [0.25, 0.3) is 0 Å². The molecular formula is H5N3O5P4. The normalized spacial score (nSPS) is 20.4. The van der Waals surface area contributed by atoms with Gasteiger partial charge >= 0.3 is 7.82 Å². The molecule has 8 nitrogen and oxygen atoms in total. The summed E-state index contributed by atoms with van der Waals surface area (Å²) in [5.74, 6) is 0. The van der Waals surface area contributed by atoms with E-state index in [1.807, 2.05) is 0 Å². The van der Waals surface area contributed by atoms with Crippen molar-refractivity contribution in [3.05, 3.63) is 0 Å². The lowest BCUT2D eigenvalue weighted by Gasteiger charge is -2.13.